The van der Waals surface area contributed by atoms with Crippen LogP contribution in [0.2, 0.25) is 0 Å². The van der Waals surface area contributed by atoms with Crippen LogP contribution in [0.25, 0.3) is 0 Å². The molecule has 0 saturated heterocycles. The van der Waals surface area contributed by atoms with Crippen LogP contribution in [-0.2, 0) is 9.53 Å². The first-order chi connectivity index (χ1) is 9.67. The Morgan fingerprint density at radius 3 is 2.43 bits per heavy atom. The van der Waals surface area contributed by atoms with Gasteiger partial charge in [0.1, 0.15) is 0 Å². The van der Waals surface area contributed by atoms with E-state index in [1.807, 2.05) is 6.92 Å². The number of amides is 2. The molecule has 3 N–H and O–H groups in total. The minimum atomic E-state index is -0.133. The molecular formula is C14H22ClN3O3. The molecule has 0 heterocycles. The zero-order valence-electron chi connectivity index (χ0n) is 12.3. The maximum atomic E-state index is 11.6. The number of hydrogen-bond donors (Lipinski definition) is 3. The highest BCUT2D eigenvalue weighted by Crippen LogP contribution is 2.09. The summed E-state index contributed by atoms with van der Waals surface area (Å²) in [7, 11) is 1.61. The lowest BCUT2D eigenvalue weighted by molar-refractivity contribution is -0.115. The summed E-state index contributed by atoms with van der Waals surface area (Å²) >= 11 is 0. The van der Waals surface area contributed by atoms with Crippen molar-refractivity contribution in [3.05, 3.63) is 29.8 Å². The summed E-state index contributed by atoms with van der Waals surface area (Å²) in [4.78, 5) is 23.2. The van der Waals surface area contributed by atoms with Gasteiger partial charge in [-0.2, -0.15) is 0 Å². The molecule has 1 aromatic rings. The third-order valence-electron chi connectivity index (χ3n) is 2.54. The van der Waals surface area contributed by atoms with Gasteiger partial charge in [-0.3, -0.25) is 9.59 Å². The van der Waals surface area contributed by atoms with Gasteiger partial charge in [-0.25, -0.2) is 0 Å². The number of ether oxygens (including phenoxy) is 1. The van der Waals surface area contributed by atoms with E-state index in [1.54, 1.807) is 31.4 Å². The van der Waals surface area contributed by atoms with Crippen molar-refractivity contribution in [2.75, 3.05) is 38.7 Å². The van der Waals surface area contributed by atoms with Crippen LogP contribution < -0.4 is 16.0 Å². The van der Waals surface area contributed by atoms with Crippen molar-refractivity contribution in [2.24, 2.45) is 0 Å². The first-order valence-corrected chi connectivity index (χ1v) is 6.55. The SMILES string of the molecule is CCNC(=O)c1ccc(NC(=O)CNCCOC)cc1.Cl. The fourth-order valence-corrected chi connectivity index (χ4v) is 1.55. The molecule has 6 nitrogen and oxygen atoms in total. The quantitative estimate of drug-likeness (QED) is 0.626. The number of carbonyl (C=O) groups excluding carboxylic acids is 2. The molecule has 0 unspecified atom stereocenters. The normalized spacial score (nSPS) is 9.62. The van der Waals surface area contributed by atoms with E-state index >= 15 is 0 Å². The molecule has 0 bridgehead atoms. The third kappa shape index (κ3) is 7.65. The molecule has 1 aromatic carbocycles. The van der Waals surface area contributed by atoms with Gasteiger partial charge in [0.05, 0.1) is 13.2 Å². The maximum absolute atomic E-state index is 11.6. The van der Waals surface area contributed by atoms with E-state index < -0.39 is 0 Å². The zero-order valence-corrected chi connectivity index (χ0v) is 13.1. The van der Waals surface area contributed by atoms with E-state index in [0.717, 1.165) is 0 Å². The molecule has 21 heavy (non-hydrogen) atoms. The van der Waals surface area contributed by atoms with Gasteiger partial charge in [0, 0.05) is 31.5 Å². The van der Waals surface area contributed by atoms with E-state index in [0.29, 0.717) is 30.9 Å². The Hall–Kier alpha value is -1.63. The predicted octanol–water partition coefficient (Wildman–Crippen LogP) is 1.03. The molecule has 0 aliphatic rings. The molecule has 0 radical (unpaired) electrons. The maximum Gasteiger partial charge on any atom is 0.251 e. The van der Waals surface area contributed by atoms with E-state index in [-0.39, 0.29) is 30.8 Å². The number of anilines is 1. The van der Waals surface area contributed by atoms with E-state index in [1.165, 1.54) is 0 Å². The Labute approximate surface area is 131 Å². The number of halogens is 1. The van der Waals surface area contributed by atoms with Crippen molar-refractivity contribution in [3.8, 4) is 0 Å². The molecule has 0 saturated carbocycles. The molecule has 1 rings (SSSR count). The summed E-state index contributed by atoms with van der Waals surface area (Å²) < 4.78 is 4.87. The number of nitrogens with one attached hydrogen (secondary N) is 3. The lowest BCUT2D eigenvalue weighted by Gasteiger charge is -2.07. The van der Waals surface area contributed by atoms with Crippen LogP contribution in [0.15, 0.2) is 24.3 Å². The van der Waals surface area contributed by atoms with E-state index in [9.17, 15) is 9.59 Å². The highest BCUT2D eigenvalue weighted by Gasteiger charge is 2.05. The van der Waals surface area contributed by atoms with Crippen LogP contribution in [-0.4, -0.2) is 45.2 Å². The lowest BCUT2D eigenvalue weighted by Crippen LogP contribution is -2.30. The molecule has 7 heteroatoms. The van der Waals surface area contributed by atoms with Crippen LogP contribution in [0.4, 0.5) is 5.69 Å². The van der Waals surface area contributed by atoms with Crippen molar-refractivity contribution < 1.29 is 14.3 Å². The number of rotatable bonds is 8. The van der Waals surface area contributed by atoms with E-state index in [2.05, 4.69) is 16.0 Å². The van der Waals surface area contributed by atoms with Crippen LogP contribution in [0.3, 0.4) is 0 Å². The molecule has 118 valence electrons. The summed E-state index contributed by atoms with van der Waals surface area (Å²) in [5, 5.41) is 8.41. The molecule has 0 fully saturated rings. The largest absolute Gasteiger partial charge is 0.383 e. The average Bonchev–Trinajstić information content (AvgIpc) is 2.45. The lowest BCUT2D eigenvalue weighted by atomic mass is 10.2. The Balaban J connectivity index is 0.00000400. The Bertz CT molecular complexity index is 438. The number of carbonyl (C=O) groups is 2. The molecule has 0 aliphatic carbocycles. The average molecular weight is 316 g/mol. The number of methoxy groups -OCH3 is 1. The van der Waals surface area contributed by atoms with Crippen molar-refractivity contribution in [2.45, 2.75) is 6.92 Å². The Morgan fingerprint density at radius 1 is 1.19 bits per heavy atom. The smallest absolute Gasteiger partial charge is 0.251 e. The fraction of sp³-hybridized carbons (Fsp3) is 0.429. The summed E-state index contributed by atoms with van der Waals surface area (Å²) in [6.45, 7) is 3.86. The monoisotopic (exact) mass is 315 g/mol. The second kappa shape index (κ2) is 11.1. The standard InChI is InChI=1S/C14H21N3O3.ClH/c1-3-16-14(19)11-4-6-12(7-5-11)17-13(18)10-15-8-9-20-2;/h4-7,15H,3,8-10H2,1-2H3,(H,16,19)(H,17,18);1H. The van der Waals surface area contributed by atoms with Gasteiger partial charge in [0.15, 0.2) is 0 Å². The second-order valence-corrected chi connectivity index (χ2v) is 4.15. The minimum Gasteiger partial charge on any atom is -0.383 e. The van der Waals surface area contributed by atoms with Crippen LogP contribution in [0, 0.1) is 0 Å². The third-order valence-corrected chi connectivity index (χ3v) is 2.54. The molecule has 0 atom stereocenters. The van der Waals surface area contributed by atoms with Gasteiger partial charge >= 0.3 is 0 Å². The van der Waals surface area contributed by atoms with Gasteiger partial charge in [0.2, 0.25) is 5.91 Å². The molecule has 0 spiro atoms. The summed E-state index contributed by atoms with van der Waals surface area (Å²) in [6, 6.07) is 6.77. The molecule has 0 aliphatic heterocycles. The highest BCUT2D eigenvalue weighted by molar-refractivity contribution is 5.96. The van der Waals surface area contributed by atoms with Crippen molar-refractivity contribution in [1.29, 1.82) is 0 Å². The van der Waals surface area contributed by atoms with Crippen molar-refractivity contribution in [3.63, 3.8) is 0 Å². The second-order valence-electron chi connectivity index (χ2n) is 4.15. The highest BCUT2D eigenvalue weighted by atomic mass is 35.5. The van der Waals surface area contributed by atoms with Gasteiger partial charge in [-0.15, -0.1) is 12.4 Å². The minimum absolute atomic E-state index is 0. The summed E-state index contributed by atoms with van der Waals surface area (Å²) in [5.74, 6) is -0.251. The molecule has 0 aromatic heterocycles. The van der Waals surface area contributed by atoms with Crippen LogP contribution >= 0.6 is 12.4 Å². The van der Waals surface area contributed by atoms with Gasteiger partial charge in [-0.1, -0.05) is 0 Å². The van der Waals surface area contributed by atoms with Gasteiger partial charge in [0.25, 0.3) is 5.91 Å². The summed E-state index contributed by atoms with van der Waals surface area (Å²) in [5.41, 5.74) is 1.24. The predicted molar refractivity (Wildman–Crippen MR) is 85.1 cm³/mol. The van der Waals surface area contributed by atoms with Crippen molar-refractivity contribution >= 4 is 29.9 Å². The first kappa shape index (κ1) is 19.4. The summed E-state index contributed by atoms with van der Waals surface area (Å²) in [6.07, 6.45) is 0. The zero-order chi connectivity index (χ0) is 14.8. The van der Waals surface area contributed by atoms with Gasteiger partial charge < -0.3 is 20.7 Å². The topological polar surface area (TPSA) is 79.5 Å². The van der Waals surface area contributed by atoms with Gasteiger partial charge in [-0.05, 0) is 31.2 Å². The Kier molecular flexibility index (Phi) is 10.2. The van der Waals surface area contributed by atoms with Crippen molar-refractivity contribution in [1.82, 2.24) is 10.6 Å². The Morgan fingerprint density at radius 2 is 1.86 bits per heavy atom. The number of benzene rings is 1. The van der Waals surface area contributed by atoms with Crippen LogP contribution in [0.5, 0.6) is 0 Å². The van der Waals surface area contributed by atoms with Crippen LogP contribution in [0.1, 0.15) is 17.3 Å². The first-order valence-electron chi connectivity index (χ1n) is 6.55. The number of hydrogen-bond acceptors (Lipinski definition) is 4. The molecule has 2 amide bonds. The fourth-order valence-electron chi connectivity index (χ4n) is 1.55. The van der Waals surface area contributed by atoms with E-state index in [4.69, 9.17) is 4.74 Å². The molecular weight excluding hydrogens is 294 g/mol.